The molecule has 18 heavy (non-hydrogen) atoms. The lowest BCUT2D eigenvalue weighted by atomic mass is 10.1. The molecule has 1 aromatic rings. The Balaban J connectivity index is 1.91. The number of aliphatic hydroxyl groups is 1. The number of rotatable bonds is 4. The van der Waals surface area contributed by atoms with Crippen molar-refractivity contribution in [2.45, 2.75) is 25.4 Å². The molecule has 1 amide bonds. The lowest BCUT2D eigenvalue weighted by Crippen LogP contribution is -2.29. The number of carbonyl (C=O) groups is 1. The van der Waals surface area contributed by atoms with E-state index in [2.05, 4.69) is 10.3 Å². The van der Waals surface area contributed by atoms with Gasteiger partial charge in [0.1, 0.15) is 5.75 Å². The predicted molar refractivity (Wildman–Crippen MR) is 66.5 cm³/mol. The van der Waals surface area contributed by atoms with E-state index >= 15 is 0 Å². The number of hydrogen-bond acceptors (Lipinski definition) is 4. The fourth-order valence-corrected chi connectivity index (χ4v) is 2.30. The molecule has 0 spiro atoms. The van der Waals surface area contributed by atoms with Crippen LogP contribution < -0.4 is 10.1 Å². The zero-order valence-electron chi connectivity index (χ0n) is 10.4. The molecule has 5 heteroatoms. The van der Waals surface area contributed by atoms with E-state index in [9.17, 15) is 9.90 Å². The van der Waals surface area contributed by atoms with E-state index in [1.54, 1.807) is 12.3 Å². The van der Waals surface area contributed by atoms with Gasteiger partial charge in [-0.25, -0.2) is 0 Å². The molecule has 0 radical (unpaired) electrons. The monoisotopic (exact) mass is 250 g/mol. The van der Waals surface area contributed by atoms with Crippen molar-refractivity contribution in [3.8, 4) is 5.75 Å². The lowest BCUT2D eigenvalue weighted by molar-refractivity contribution is 0.0942. The van der Waals surface area contributed by atoms with E-state index in [1.807, 2.05) is 0 Å². The molecule has 2 unspecified atom stereocenters. The number of ether oxygens (including phenoxy) is 1. The Morgan fingerprint density at radius 2 is 2.44 bits per heavy atom. The highest BCUT2D eigenvalue weighted by Gasteiger charge is 2.23. The van der Waals surface area contributed by atoms with Gasteiger partial charge in [0.2, 0.25) is 0 Å². The zero-order valence-corrected chi connectivity index (χ0v) is 10.4. The Kier molecular flexibility index (Phi) is 4.15. The summed E-state index contributed by atoms with van der Waals surface area (Å²) in [4.78, 5) is 15.9. The standard InChI is InChI=1S/C13H18N2O3/c1-18-12-8-14-5-4-11(12)13(17)15-7-9-2-3-10(16)6-9/h4-5,8-10,16H,2-3,6-7H2,1H3,(H,15,17). The number of pyridine rings is 1. The highest BCUT2D eigenvalue weighted by Crippen LogP contribution is 2.24. The molecule has 1 aromatic heterocycles. The average molecular weight is 250 g/mol. The molecule has 1 saturated carbocycles. The third-order valence-electron chi connectivity index (χ3n) is 3.31. The van der Waals surface area contributed by atoms with Gasteiger partial charge < -0.3 is 15.2 Å². The maximum Gasteiger partial charge on any atom is 0.255 e. The minimum absolute atomic E-state index is 0.157. The van der Waals surface area contributed by atoms with Gasteiger partial charge >= 0.3 is 0 Å². The van der Waals surface area contributed by atoms with E-state index in [-0.39, 0.29) is 12.0 Å². The van der Waals surface area contributed by atoms with Crippen LogP contribution in [0.1, 0.15) is 29.6 Å². The summed E-state index contributed by atoms with van der Waals surface area (Å²) in [6.07, 6.45) is 5.45. The van der Waals surface area contributed by atoms with Crippen LogP contribution in [0.25, 0.3) is 0 Å². The number of aliphatic hydroxyl groups excluding tert-OH is 1. The largest absolute Gasteiger partial charge is 0.494 e. The van der Waals surface area contributed by atoms with Crippen LogP contribution in [-0.4, -0.2) is 35.8 Å². The third kappa shape index (κ3) is 2.98. The molecular formula is C13H18N2O3. The smallest absolute Gasteiger partial charge is 0.255 e. The highest BCUT2D eigenvalue weighted by molar-refractivity contribution is 5.96. The van der Waals surface area contributed by atoms with Crippen LogP contribution in [0.4, 0.5) is 0 Å². The van der Waals surface area contributed by atoms with Gasteiger partial charge in [-0.3, -0.25) is 9.78 Å². The van der Waals surface area contributed by atoms with E-state index in [0.29, 0.717) is 23.8 Å². The molecule has 0 bridgehead atoms. The zero-order chi connectivity index (χ0) is 13.0. The maximum atomic E-state index is 12.0. The molecule has 98 valence electrons. The number of aromatic nitrogens is 1. The molecule has 0 aromatic carbocycles. The van der Waals surface area contributed by atoms with Crippen molar-refractivity contribution in [3.05, 3.63) is 24.0 Å². The van der Waals surface area contributed by atoms with Gasteiger partial charge in [0, 0.05) is 12.7 Å². The number of carbonyl (C=O) groups excluding carboxylic acids is 1. The van der Waals surface area contributed by atoms with E-state index in [1.165, 1.54) is 13.3 Å². The van der Waals surface area contributed by atoms with Gasteiger partial charge in [-0.1, -0.05) is 0 Å². The van der Waals surface area contributed by atoms with Crippen LogP contribution in [0.15, 0.2) is 18.5 Å². The Morgan fingerprint density at radius 3 is 3.11 bits per heavy atom. The second kappa shape index (κ2) is 5.82. The summed E-state index contributed by atoms with van der Waals surface area (Å²) in [6, 6.07) is 1.64. The summed E-state index contributed by atoms with van der Waals surface area (Å²) < 4.78 is 5.09. The summed E-state index contributed by atoms with van der Waals surface area (Å²) in [7, 11) is 1.52. The molecule has 0 saturated heterocycles. The van der Waals surface area contributed by atoms with Gasteiger partial charge in [-0.05, 0) is 31.2 Å². The molecule has 5 nitrogen and oxygen atoms in total. The minimum Gasteiger partial charge on any atom is -0.494 e. The van der Waals surface area contributed by atoms with Crippen molar-refractivity contribution in [1.82, 2.24) is 10.3 Å². The first kappa shape index (κ1) is 12.8. The summed E-state index contributed by atoms with van der Waals surface area (Å²) in [5.74, 6) is 0.689. The summed E-state index contributed by atoms with van der Waals surface area (Å²) in [5.41, 5.74) is 0.492. The maximum absolute atomic E-state index is 12.0. The first-order valence-electron chi connectivity index (χ1n) is 6.15. The second-order valence-electron chi connectivity index (χ2n) is 4.62. The fourth-order valence-electron chi connectivity index (χ4n) is 2.30. The number of hydrogen-bond donors (Lipinski definition) is 2. The number of nitrogens with zero attached hydrogens (tertiary/aromatic N) is 1. The molecule has 1 aliphatic rings. The predicted octanol–water partition coefficient (Wildman–Crippen LogP) is 0.981. The molecule has 2 N–H and O–H groups in total. The SMILES string of the molecule is COc1cnccc1C(=O)NCC1CCC(O)C1. The number of methoxy groups -OCH3 is 1. The summed E-state index contributed by atoms with van der Waals surface area (Å²) in [6.45, 7) is 0.599. The van der Waals surface area contributed by atoms with Crippen molar-refractivity contribution in [2.75, 3.05) is 13.7 Å². The van der Waals surface area contributed by atoms with E-state index in [0.717, 1.165) is 19.3 Å². The van der Waals surface area contributed by atoms with Crippen molar-refractivity contribution in [2.24, 2.45) is 5.92 Å². The van der Waals surface area contributed by atoms with Crippen molar-refractivity contribution in [3.63, 3.8) is 0 Å². The molecule has 2 rings (SSSR count). The van der Waals surface area contributed by atoms with Crippen LogP contribution >= 0.6 is 0 Å². The molecule has 0 aliphatic heterocycles. The Morgan fingerprint density at radius 1 is 1.61 bits per heavy atom. The van der Waals surface area contributed by atoms with Crippen LogP contribution in [-0.2, 0) is 0 Å². The van der Waals surface area contributed by atoms with Gasteiger partial charge in [0.05, 0.1) is 25.0 Å². The van der Waals surface area contributed by atoms with E-state index < -0.39 is 0 Å². The normalized spacial score (nSPS) is 22.8. The Labute approximate surface area is 106 Å². The Bertz CT molecular complexity index is 422. The van der Waals surface area contributed by atoms with Gasteiger partial charge in [0.25, 0.3) is 5.91 Å². The number of amides is 1. The van der Waals surface area contributed by atoms with Crippen LogP contribution in [0.5, 0.6) is 5.75 Å². The molecular weight excluding hydrogens is 232 g/mol. The first-order valence-corrected chi connectivity index (χ1v) is 6.15. The summed E-state index contributed by atoms with van der Waals surface area (Å²) >= 11 is 0. The van der Waals surface area contributed by atoms with Crippen LogP contribution in [0, 0.1) is 5.92 Å². The number of nitrogens with one attached hydrogen (secondary N) is 1. The molecule has 2 atom stereocenters. The van der Waals surface area contributed by atoms with Crippen molar-refractivity contribution in [1.29, 1.82) is 0 Å². The fraction of sp³-hybridized carbons (Fsp3) is 0.538. The van der Waals surface area contributed by atoms with Crippen LogP contribution in [0.3, 0.4) is 0 Å². The van der Waals surface area contributed by atoms with E-state index in [4.69, 9.17) is 4.74 Å². The minimum atomic E-state index is -0.206. The van der Waals surface area contributed by atoms with Gasteiger partial charge in [0.15, 0.2) is 0 Å². The third-order valence-corrected chi connectivity index (χ3v) is 3.31. The molecule has 1 heterocycles. The second-order valence-corrected chi connectivity index (χ2v) is 4.62. The van der Waals surface area contributed by atoms with Crippen molar-refractivity contribution < 1.29 is 14.6 Å². The highest BCUT2D eigenvalue weighted by atomic mass is 16.5. The topological polar surface area (TPSA) is 71.5 Å². The first-order chi connectivity index (χ1) is 8.70. The van der Waals surface area contributed by atoms with Crippen LogP contribution in [0.2, 0.25) is 0 Å². The lowest BCUT2D eigenvalue weighted by Gasteiger charge is -2.12. The molecule has 1 fully saturated rings. The average Bonchev–Trinajstić information content (AvgIpc) is 2.81. The van der Waals surface area contributed by atoms with Gasteiger partial charge in [-0.15, -0.1) is 0 Å². The quantitative estimate of drug-likeness (QED) is 0.835. The van der Waals surface area contributed by atoms with Crippen molar-refractivity contribution >= 4 is 5.91 Å². The summed E-state index contributed by atoms with van der Waals surface area (Å²) in [5, 5.41) is 12.3. The Hall–Kier alpha value is -1.62. The van der Waals surface area contributed by atoms with Gasteiger partial charge in [-0.2, -0.15) is 0 Å². The molecule has 1 aliphatic carbocycles.